The number of hydrogen-bond acceptors (Lipinski definition) is 2. The first kappa shape index (κ1) is 15.6. The number of halogens is 2. The second-order valence-electron chi connectivity index (χ2n) is 4.47. The molecule has 2 aromatic carbocycles. The number of aliphatic carboxylic acids is 1. The van der Waals surface area contributed by atoms with Gasteiger partial charge in [0.2, 0.25) is 0 Å². The number of benzene rings is 2. The summed E-state index contributed by atoms with van der Waals surface area (Å²) in [6, 6.07) is 13.2. The van der Waals surface area contributed by atoms with Crippen LogP contribution < -0.4 is 5.73 Å². The van der Waals surface area contributed by atoms with E-state index in [0.717, 1.165) is 18.3 Å². The molecule has 3 N–H and O–H groups in total. The number of carbonyl (C=O) groups is 1. The molecule has 20 heavy (non-hydrogen) atoms. The molecule has 0 fully saturated rings. The molecule has 3 nitrogen and oxygen atoms in total. The van der Waals surface area contributed by atoms with E-state index in [0.29, 0.717) is 12.1 Å². The zero-order chi connectivity index (χ0) is 14.7. The predicted molar refractivity (Wildman–Crippen MR) is 96.8 cm³/mol. The van der Waals surface area contributed by atoms with Crippen LogP contribution >= 0.6 is 45.2 Å². The van der Waals surface area contributed by atoms with Crippen molar-refractivity contribution in [2.75, 3.05) is 5.73 Å². The van der Waals surface area contributed by atoms with Crippen molar-refractivity contribution in [3.63, 3.8) is 0 Å². The molecule has 2 rings (SSSR count). The topological polar surface area (TPSA) is 63.3 Å². The first-order valence-electron chi connectivity index (χ1n) is 6.00. The Balaban J connectivity index is 2.35. The molecule has 0 bridgehead atoms. The Morgan fingerprint density at radius 2 is 1.80 bits per heavy atom. The highest BCUT2D eigenvalue weighted by Gasteiger charge is 2.21. The van der Waals surface area contributed by atoms with Gasteiger partial charge in [0.15, 0.2) is 0 Å². The van der Waals surface area contributed by atoms with Gasteiger partial charge in [-0.25, -0.2) is 0 Å². The first-order valence-corrected chi connectivity index (χ1v) is 8.16. The molecule has 1 atom stereocenters. The minimum absolute atomic E-state index is 0.443. The predicted octanol–water partition coefficient (Wildman–Crippen LogP) is 3.89. The fourth-order valence-corrected chi connectivity index (χ4v) is 3.77. The summed E-state index contributed by atoms with van der Waals surface area (Å²) in [5.41, 5.74) is 8.40. The van der Waals surface area contributed by atoms with Gasteiger partial charge in [-0.15, -0.1) is 0 Å². The summed E-state index contributed by atoms with van der Waals surface area (Å²) >= 11 is 4.40. The molecule has 0 aliphatic heterocycles. The van der Waals surface area contributed by atoms with Gasteiger partial charge < -0.3 is 10.8 Å². The summed E-state index contributed by atoms with van der Waals surface area (Å²) in [7, 11) is 0. The van der Waals surface area contributed by atoms with E-state index in [9.17, 15) is 9.90 Å². The van der Waals surface area contributed by atoms with Crippen LogP contribution in [0.5, 0.6) is 0 Å². The van der Waals surface area contributed by atoms with Crippen molar-refractivity contribution in [3.8, 4) is 0 Å². The fourth-order valence-electron chi connectivity index (χ4n) is 2.02. The zero-order valence-corrected chi connectivity index (χ0v) is 14.8. The molecular weight excluding hydrogens is 480 g/mol. The quantitative estimate of drug-likeness (QED) is 0.502. The molecule has 104 valence electrons. The minimum Gasteiger partial charge on any atom is -0.481 e. The number of hydrogen-bond donors (Lipinski definition) is 2. The van der Waals surface area contributed by atoms with Crippen LogP contribution in [-0.4, -0.2) is 11.1 Å². The lowest BCUT2D eigenvalue weighted by Gasteiger charge is -2.15. The number of anilines is 1. The maximum Gasteiger partial charge on any atom is 0.311 e. The van der Waals surface area contributed by atoms with Crippen molar-refractivity contribution in [1.82, 2.24) is 0 Å². The van der Waals surface area contributed by atoms with Gasteiger partial charge in [-0.2, -0.15) is 0 Å². The van der Waals surface area contributed by atoms with E-state index >= 15 is 0 Å². The molecule has 0 amide bonds. The first-order chi connectivity index (χ1) is 9.49. The molecule has 1 unspecified atom stereocenters. The van der Waals surface area contributed by atoms with Crippen LogP contribution in [0.4, 0.5) is 5.69 Å². The highest BCUT2D eigenvalue weighted by atomic mass is 127. The van der Waals surface area contributed by atoms with Crippen molar-refractivity contribution < 1.29 is 9.90 Å². The second-order valence-corrected chi connectivity index (χ2v) is 6.80. The van der Waals surface area contributed by atoms with Gasteiger partial charge in [0.25, 0.3) is 0 Å². The van der Waals surface area contributed by atoms with Gasteiger partial charge in [-0.05, 0) is 74.9 Å². The molecule has 0 spiro atoms. The van der Waals surface area contributed by atoms with E-state index in [1.54, 1.807) is 0 Å². The van der Waals surface area contributed by atoms with Gasteiger partial charge in [0, 0.05) is 12.8 Å². The molecule has 0 aliphatic carbocycles. The SMILES string of the molecule is Nc1cc(CC(C(=O)O)c2ccccc2)c(I)cc1I. The average Bonchev–Trinajstić information content (AvgIpc) is 2.42. The van der Waals surface area contributed by atoms with Crippen LogP contribution in [0.15, 0.2) is 42.5 Å². The lowest BCUT2D eigenvalue weighted by atomic mass is 9.92. The molecule has 0 aliphatic rings. The maximum absolute atomic E-state index is 11.5. The van der Waals surface area contributed by atoms with Crippen LogP contribution in [0.3, 0.4) is 0 Å². The van der Waals surface area contributed by atoms with Crippen molar-refractivity contribution >= 4 is 56.8 Å². The number of nitrogens with two attached hydrogens (primary N) is 1. The number of carboxylic acid groups (broad SMARTS) is 1. The summed E-state index contributed by atoms with van der Waals surface area (Å²) in [5.74, 6) is -1.37. The Hall–Kier alpha value is -0.830. The molecule has 0 saturated carbocycles. The average molecular weight is 493 g/mol. The highest BCUT2D eigenvalue weighted by Crippen LogP contribution is 2.28. The lowest BCUT2D eigenvalue weighted by molar-refractivity contribution is -0.138. The van der Waals surface area contributed by atoms with Gasteiger partial charge in [-0.3, -0.25) is 4.79 Å². The Bertz CT molecular complexity index is 629. The van der Waals surface area contributed by atoms with Crippen LogP contribution in [-0.2, 0) is 11.2 Å². The van der Waals surface area contributed by atoms with Gasteiger partial charge in [-0.1, -0.05) is 30.3 Å². The normalized spacial score (nSPS) is 12.1. The third-order valence-electron chi connectivity index (χ3n) is 3.09. The number of nitrogen functional groups attached to an aromatic ring is 1. The number of carboxylic acids is 1. The molecule has 0 radical (unpaired) electrons. The Morgan fingerprint density at radius 3 is 2.40 bits per heavy atom. The Morgan fingerprint density at radius 1 is 1.15 bits per heavy atom. The van der Waals surface area contributed by atoms with E-state index < -0.39 is 11.9 Å². The summed E-state index contributed by atoms with van der Waals surface area (Å²) < 4.78 is 2.03. The van der Waals surface area contributed by atoms with Crippen molar-refractivity contribution in [1.29, 1.82) is 0 Å². The largest absolute Gasteiger partial charge is 0.481 e. The summed E-state index contributed by atoms with van der Waals surface area (Å²) in [6.45, 7) is 0. The fraction of sp³-hybridized carbons (Fsp3) is 0.133. The van der Waals surface area contributed by atoms with Crippen molar-refractivity contribution in [3.05, 3.63) is 60.7 Å². The summed E-state index contributed by atoms with van der Waals surface area (Å²) in [4.78, 5) is 11.5. The summed E-state index contributed by atoms with van der Waals surface area (Å²) in [5, 5.41) is 9.47. The molecule has 5 heteroatoms. The molecule has 0 heterocycles. The third kappa shape index (κ3) is 3.63. The van der Waals surface area contributed by atoms with Crippen molar-refractivity contribution in [2.45, 2.75) is 12.3 Å². The number of rotatable bonds is 4. The Kier molecular flexibility index (Phi) is 5.25. The van der Waals surface area contributed by atoms with Crippen molar-refractivity contribution in [2.24, 2.45) is 0 Å². The van der Waals surface area contributed by atoms with Crippen LogP contribution in [0.2, 0.25) is 0 Å². The Labute approximate surface area is 144 Å². The lowest BCUT2D eigenvalue weighted by Crippen LogP contribution is -2.15. The minimum atomic E-state index is -0.816. The van der Waals surface area contributed by atoms with Gasteiger partial charge in [0.05, 0.1) is 5.92 Å². The van der Waals surface area contributed by atoms with Crippen LogP contribution in [0.25, 0.3) is 0 Å². The standard InChI is InChI=1S/C15H13I2NO2/c16-12-8-13(17)14(18)7-10(12)6-11(15(19)20)9-4-2-1-3-5-9/h1-5,7-8,11H,6,18H2,(H,19,20). The van der Waals surface area contributed by atoms with E-state index in [1.165, 1.54) is 0 Å². The van der Waals surface area contributed by atoms with Gasteiger partial charge >= 0.3 is 5.97 Å². The van der Waals surface area contributed by atoms with E-state index in [1.807, 2.05) is 42.5 Å². The van der Waals surface area contributed by atoms with Crippen LogP contribution in [0, 0.1) is 7.14 Å². The van der Waals surface area contributed by atoms with Crippen LogP contribution in [0.1, 0.15) is 17.0 Å². The molecule has 2 aromatic rings. The smallest absolute Gasteiger partial charge is 0.311 e. The van der Waals surface area contributed by atoms with E-state index in [2.05, 4.69) is 45.2 Å². The van der Waals surface area contributed by atoms with Gasteiger partial charge in [0.1, 0.15) is 0 Å². The summed E-state index contributed by atoms with van der Waals surface area (Å²) in [6.07, 6.45) is 0.443. The third-order valence-corrected chi connectivity index (χ3v) is 5.03. The monoisotopic (exact) mass is 493 g/mol. The molecule has 0 aromatic heterocycles. The van der Waals surface area contributed by atoms with E-state index in [4.69, 9.17) is 5.73 Å². The van der Waals surface area contributed by atoms with E-state index in [-0.39, 0.29) is 0 Å². The maximum atomic E-state index is 11.5. The zero-order valence-electron chi connectivity index (χ0n) is 10.5. The highest BCUT2D eigenvalue weighted by molar-refractivity contribution is 14.1. The second kappa shape index (κ2) is 6.75. The molecular formula is C15H13I2NO2. The molecule has 0 saturated heterocycles.